The van der Waals surface area contributed by atoms with E-state index in [0.29, 0.717) is 19.6 Å². The highest BCUT2D eigenvalue weighted by Gasteiger charge is 2.39. The maximum absolute atomic E-state index is 13.5. The standard InChI is InChI=1S/C29H37ClN4O2/c1-4-34-16-14-31-27(34)20-33-15-8-13-29(21-33,22-36-25-11-12-26(30)23(2)17-25)18-28(35)32(3)19-24-9-6-5-7-10-24/h5-7,9-12,14,16-17H,4,8,13,15,18-22H2,1-3H3/t29-/m1/s1. The predicted octanol–water partition coefficient (Wildman–Crippen LogP) is 5.57. The average molecular weight is 509 g/mol. The van der Waals surface area contributed by atoms with Crippen molar-refractivity contribution in [1.29, 1.82) is 0 Å². The van der Waals surface area contributed by atoms with Gasteiger partial charge in [0.2, 0.25) is 5.91 Å². The van der Waals surface area contributed by atoms with E-state index >= 15 is 0 Å². The lowest BCUT2D eigenvalue weighted by atomic mass is 9.77. The Morgan fingerprint density at radius 1 is 1.22 bits per heavy atom. The Kier molecular flexibility index (Phi) is 8.70. The van der Waals surface area contributed by atoms with Crippen molar-refractivity contribution in [2.45, 2.75) is 52.7 Å². The van der Waals surface area contributed by atoms with E-state index < -0.39 is 0 Å². The lowest BCUT2D eigenvalue weighted by molar-refractivity contribution is -0.135. The molecule has 4 rings (SSSR count). The first-order valence-electron chi connectivity index (χ1n) is 12.8. The summed E-state index contributed by atoms with van der Waals surface area (Å²) >= 11 is 6.22. The fraction of sp³-hybridized carbons (Fsp3) is 0.448. The van der Waals surface area contributed by atoms with Gasteiger partial charge in [-0.2, -0.15) is 0 Å². The first-order chi connectivity index (χ1) is 17.4. The molecular formula is C29H37ClN4O2. The molecule has 1 aliphatic heterocycles. The Balaban J connectivity index is 1.50. The third-order valence-corrected chi connectivity index (χ3v) is 7.56. The number of rotatable bonds is 10. The van der Waals surface area contributed by atoms with Crippen LogP contribution in [0.25, 0.3) is 0 Å². The van der Waals surface area contributed by atoms with Crippen LogP contribution in [0.15, 0.2) is 60.9 Å². The van der Waals surface area contributed by atoms with Crippen LogP contribution in [0.1, 0.15) is 43.1 Å². The second-order valence-corrected chi connectivity index (χ2v) is 10.5. The maximum Gasteiger partial charge on any atom is 0.223 e. The highest BCUT2D eigenvalue weighted by atomic mass is 35.5. The SMILES string of the molecule is CCn1ccnc1CN1CCC[C@@](COc2ccc(Cl)c(C)c2)(CC(=O)N(C)Cc2ccccc2)C1. The van der Waals surface area contributed by atoms with E-state index in [-0.39, 0.29) is 11.3 Å². The van der Waals surface area contributed by atoms with E-state index in [1.807, 2.05) is 67.7 Å². The van der Waals surface area contributed by atoms with Gasteiger partial charge in [0.1, 0.15) is 11.6 Å². The van der Waals surface area contributed by atoms with E-state index in [1.54, 1.807) is 0 Å². The summed E-state index contributed by atoms with van der Waals surface area (Å²) in [6, 6.07) is 15.9. The highest BCUT2D eigenvalue weighted by molar-refractivity contribution is 6.31. The molecule has 1 aliphatic rings. The number of halogens is 1. The van der Waals surface area contributed by atoms with Crippen LogP contribution in [-0.2, 0) is 24.4 Å². The Morgan fingerprint density at radius 3 is 2.78 bits per heavy atom. The summed E-state index contributed by atoms with van der Waals surface area (Å²) < 4.78 is 8.52. The zero-order valence-electron chi connectivity index (χ0n) is 21.6. The third-order valence-electron chi connectivity index (χ3n) is 7.14. The van der Waals surface area contributed by atoms with Gasteiger partial charge in [0.25, 0.3) is 0 Å². The van der Waals surface area contributed by atoms with E-state index in [4.69, 9.17) is 16.3 Å². The normalized spacial score (nSPS) is 18.2. The number of likely N-dealkylation sites (tertiary alicyclic amines) is 1. The minimum absolute atomic E-state index is 0.145. The summed E-state index contributed by atoms with van der Waals surface area (Å²) in [6.07, 6.45) is 6.31. The van der Waals surface area contributed by atoms with Crippen molar-refractivity contribution in [3.05, 3.63) is 82.9 Å². The van der Waals surface area contributed by atoms with Gasteiger partial charge >= 0.3 is 0 Å². The molecule has 0 unspecified atom stereocenters. The van der Waals surface area contributed by atoms with Gasteiger partial charge in [0.05, 0.1) is 13.2 Å². The molecule has 0 saturated carbocycles. The van der Waals surface area contributed by atoms with Crippen molar-refractivity contribution in [2.75, 3.05) is 26.7 Å². The van der Waals surface area contributed by atoms with Crippen molar-refractivity contribution >= 4 is 17.5 Å². The zero-order valence-corrected chi connectivity index (χ0v) is 22.4. The second kappa shape index (κ2) is 11.9. The molecule has 0 N–H and O–H groups in total. The first kappa shape index (κ1) is 26.2. The monoisotopic (exact) mass is 508 g/mol. The molecule has 36 heavy (non-hydrogen) atoms. The first-order valence-corrected chi connectivity index (χ1v) is 13.1. The van der Waals surface area contributed by atoms with Crippen molar-refractivity contribution in [3.8, 4) is 5.75 Å². The molecule has 0 spiro atoms. The molecular weight excluding hydrogens is 472 g/mol. The number of benzene rings is 2. The molecule has 1 saturated heterocycles. The summed E-state index contributed by atoms with van der Waals surface area (Å²) in [5.41, 5.74) is 1.84. The van der Waals surface area contributed by atoms with E-state index in [9.17, 15) is 4.79 Å². The predicted molar refractivity (Wildman–Crippen MR) is 144 cm³/mol. The number of imidazole rings is 1. The summed E-state index contributed by atoms with van der Waals surface area (Å²) in [6.45, 7) is 8.66. The average Bonchev–Trinajstić information content (AvgIpc) is 3.32. The molecule has 0 radical (unpaired) electrons. The summed E-state index contributed by atoms with van der Waals surface area (Å²) in [7, 11) is 1.89. The molecule has 1 fully saturated rings. The quantitative estimate of drug-likeness (QED) is 0.359. The number of amides is 1. The van der Waals surface area contributed by atoms with Crippen LogP contribution >= 0.6 is 11.6 Å². The van der Waals surface area contributed by atoms with Gasteiger partial charge in [0.15, 0.2) is 0 Å². The van der Waals surface area contributed by atoms with Crippen LogP contribution in [0, 0.1) is 12.3 Å². The number of aryl methyl sites for hydroxylation is 2. The van der Waals surface area contributed by atoms with Gasteiger partial charge in [-0.15, -0.1) is 0 Å². The smallest absolute Gasteiger partial charge is 0.223 e. The summed E-state index contributed by atoms with van der Waals surface area (Å²) in [4.78, 5) is 22.3. The molecule has 2 heterocycles. The van der Waals surface area contributed by atoms with Crippen LogP contribution < -0.4 is 4.74 Å². The van der Waals surface area contributed by atoms with Crippen LogP contribution in [0.3, 0.4) is 0 Å². The molecule has 6 nitrogen and oxygen atoms in total. The molecule has 0 bridgehead atoms. The molecule has 1 aromatic heterocycles. The largest absolute Gasteiger partial charge is 0.493 e. The van der Waals surface area contributed by atoms with Crippen LogP contribution in [0.4, 0.5) is 0 Å². The fourth-order valence-corrected chi connectivity index (χ4v) is 5.20. The molecule has 7 heteroatoms. The number of ether oxygens (including phenoxy) is 1. The van der Waals surface area contributed by atoms with Gasteiger partial charge < -0.3 is 14.2 Å². The van der Waals surface area contributed by atoms with Crippen molar-refractivity contribution in [1.82, 2.24) is 19.4 Å². The molecule has 1 atom stereocenters. The highest BCUT2D eigenvalue weighted by Crippen LogP contribution is 2.36. The van der Waals surface area contributed by atoms with Crippen molar-refractivity contribution in [2.24, 2.45) is 5.41 Å². The van der Waals surface area contributed by atoms with Gasteiger partial charge in [-0.05, 0) is 62.6 Å². The Morgan fingerprint density at radius 2 is 2.03 bits per heavy atom. The van der Waals surface area contributed by atoms with Crippen LogP contribution in [-0.4, -0.2) is 52.0 Å². The molecule has 192 valence electrons. The number of hydrogen-bond acceptors (Lipinski definition) is 4. The van der Waals surface area contributed by atoms with Gasteiger partial charge in [0, 0.05) is 55.9 Å². The van der Waals surface area contributed by atoms with Crippen molar-refractivity contribution in [3.63, 3.8) is 0 Å². The number of hydrogen-bond donors (Lipinski definition) is 0. The number of carbonyl (C=O) groups is 1. The van der Waals surface area contributed by atoms with Gasteiger partial charge in [-0.3, -0.25) is 9.69 Å². The van der Waals surface area contributed by atoms with Crippen molar-refractivity contribution < 1.29 is 9.53 Å². The maximum atomic E-state index is 13.5. The Bertz CT molecular complexity index is 1150. The molecule has 1 amide bonds. The minimum Gasteiger partial charge on any atom is -0.493 e. The van der Waals surface area contributed by atoms with E-state index in [2.05, 4.69) is 33.5 Å². The van der Waals surface area contributed by atoms with Gasteiger partial charge in [-0.1, -0.05) is 41.9 Å². The topological polar surface area (TPSA) is 50.6 Å². The van der Waals surface area contributed by atoms with E-state index in [0.717, 1.165) is 66.7 Å². The lowest BCUT2D eigenvalue weighted by Gasteiger charge is -2.42. The minimum atomic E-state index is -0.280. The Hall–Kier alpha value is -2.83. The van der Waals surface area contributed by atoms with Crippen LogP contribution in [0.2, 0.25) is 5.02 Å². The Labute approximate surface area is 219 Å². The molecule has 3 aromatic rings. The molecule has 0 aliphatic carbocycles. The summed E-state index contributed by atoms with van der Waals surface area (Å²) in [5.74, 6) is 2.00. The van der Waals surface area contributed by atoms with E-state index in [1.165, 1.54) is 0 Å². The lowest BCUT2D eigenvalue weighted by Crippen LogP contribution is -2.48. The number of nitrogens with zero attached hydrogens (tertiary/aromatic N) is 4. The second-order valence-electron chi connectivity index (χ2n) is 10.1. The number of aromatic nitrogens is 2. The third kappa shape index (κ3) is 6.68. The number of piperidine rings is 1. The number of carbonyl (C=O) groups excluding carboxylic acids is 1. The molecule has 2 aromatic carbocycles. The summed E-state index contributed by atoms with van der Waals surface area (Å²) in [5, 5.41) is 0.727. The van der Waals surface area contributed by atoms with Gasteiger partial charge in [-0.25, -0.2) is 4.98 Å². The fourth-order valence-electron chi connectivity index (χ4n) is 5.08. The van der Waals surface area contributed by atoms with Crippen LogP contribution in [0.5, 0.6) is 5.75 Å². The zero-order chi connectivity index (χ0) is 25.5.